The van der Waals surface area contributed by atoms with E-state index < -0.39 is 0 Å². The first-order valence-electron chi connectivity index (χ1n) is 6.46. The van der Waals surface area contributed by atoms with E-state index in [1.54, 1.807) is 11.3 Å². The Morgan fingerprint density at radius 1 is 1.24 bits per heavy atom. The Morgan fingerprint density at radius 2 is 2.05 bits per heavy atom. The summed E-state index contributed by atoms with van der Waals surface area (Å²) in [5, 5.41) is 9.44. The van der Waals surface area contributed by atoms with Gasteiger partial charge in [0.15, 0.2) is 11.6 Å². The number of H-pyrrole nitrogens is 1. The number of Topliss-reactive ketones (excluding diaryl/α,β-unsaturated/α-hetero) is 1. The Kier molecular flexibility index (Phi) is 4.17. The molecule has 2 aromatic heterocycles. The first-order chi connectivity index (χ1) is 10.2. The van der Waals surface area contributed by atoms with Gasteiger partial charge < -0.3 is 0 Å². The molecule has 0 spiro atoms. The average molecular weight is 315 g/mol. The van der Waals surface area contributed by atoms with Crippen molar-refractivity contribution in [3.05, 3.63) is 53.4 Å². The molecule has 1 N–H and O–H groups in total. The monoisotopic (exact) mass is 315 g/mol. The largest absolute Gasteiger partial charge is 0.293 e. The van der Waals surface area contributed by atoms with Crippen LogP contribution >= 0.6 is 23.1 Å². The maximum atomic E-state index is 12.3. The second-order valence-corrected chi connectivity index (χ2v) is 6.69. The van der Waals surface area contributed by atoms with Gasteiger partial charge in [0.2, 0.25) is 5.16 Å². The molecular weight excluding hydrogens is 302 g/mol. The van der Waals surface area contributed by atoms with Crippen molar-refractivity contribution in [3.63, 3.8) is 0 Å². The molecule has 6 heteroatoms. The number of thiophene rings is 1. The molecule has 0 radical (unpaired) electrons. The minimum atomic E-state index is -0.223. The van der Waals surface area contributed by atoms with E-state index in [0.29, 0.717) is 10.7 Å². The standard InChI is InChI=1S/C15H13N3OS2/c1-10(13(19)11-6-3-2-4-7-11)21-15-16-14(17-18-15)12-8-5-9-20-12/h2-10H,1H3,(H,16,17,18). The third-order valence-corrected chi connectivity index (χ3v) is 4.77. The van der Waals surface area contributed by atoms with Crippen LogP contribution in [-0.2, 0) is 0 Å². The maximum absolute atomic E-state index is 12.3. The van der Waals surface area contributed by atoms with Crippen molar-refractivity contribution in [1.82, 2.24) is 15.2 Å². The highest BCUT2D eigenvalue weighted by Gasteiger charge is 2.18. The predicted molar refractivity (Wildman–Crippen MR) is 85.8 cm³/mol. The van der Waals surface area contributed by atoms with Crippen LogP contribution in [0.3, 0.4) is 0 Å². The second kappa shape index (κ2) is 6.24. The minimum Gasteiger partial charge on any atom is -0.293 e. The van der Waals surface area contributed by atoms with Crippen LogP contribution < -0.4 is 0 Å². The number of hydrogen-bond acceptors (Lipinski definition) is 5. The van der Waals surface area contributed by atoms with Crippen LogP contribution in [0.4, 0.5) is 0 Å². The second-order valence-electron chi connectivity index (χ2n) is 4.43. The first-order valence-corrected chi connectivity index (χ1v) is 8.22. The molecule has 0 bridgehead atoms. The highest BCUT2D eigenvalue weighted by Crippen LogP contribution is 2.26. The number of nitrogens with one attached hydrogen (secondary N) is 1. The van der Waals surface area contributed by atoms with Gasteiger partial charge in [-0.3, -0.25) is 9.89 Å². The Bertz CT molecular complexity index is 722. The van der Waals surface area contributed by atoms with Gasteiger partial charge in [0.05, 0.1) is 10.1 Å². The van der Waals surface area contributed by atoms with Gasteiger partial charge in [0, 0.05) is 5.56 Å². The van der Waals surface area contributed by atoms with Crippen LogP contribution in [0.1, 0.15) is 17.3 Å². The van der Waals surface area contributed by atoms with Crippen molar-refractivity contribution in [1.29, 1.82) is 0 Å². The maximum Gasteiger partial charge on any atom is 0.209 e. The molecular formula is C15H13N3OS2. The highest BCUT2D eigenvalue weighted by atomic mass is 32.2. The number of aromatic amines is 1. The smallest absolute Gasteiger partial charge is 0.209 e. The molecule has 3 rings (SSSR count). The summed E-state index contributed by atoms with van der Waals surface area (Å²) >= 11 is 2.97. The summed E-state index contributed by atoms with van der Waals surface area (Å²) in [5.74, 6) is 0.829. The minimum absolute atomic E-state index is 0.0862. The lowest BCUT2D eigenvalue weighted by Crippen LogP contribution is -2.13. The van der Waals surface area contributed by atoms with E-state index in [0.717, 1.165) is 10.7 Å². The molecule has 0 amide bonds. The van der Waals surface area contributed by atoms with Gasteiger partial charge in [-0.15, -0.1) is 16.4 Å². The van der Waals surface area contributed by atoms with Crippen molar-refractivity contribution in [2.75, 3.05) is 0 Å². The van der Waals surface area contributed by atoms with Crippen LogP contribution in [0, 0.1) is 0 Å². The van der Waals surface area contributed by atoms with Gasteiger partial charge in [0.1, 0.15) is 0 Å². The highest BCUT2D eigenvalue weighted by molar-refractivity contribution is 8.00. The Hall–Kier alpha value is -1.92. The number of nitrogens with zero attached hydrogens (tertiary/aromatic N) is 2. The molecule has 0 saturated carbocycles. The van der Waals surface area contributed by atoms with Gasteiger partial charge in [-0.2, -0.15) is 0 Å². The molecule has 2 heterocycles. The summed E-state index contributed by atoms with van der Waals surface area (Å²) in [6.07, 6.45) is 0. The normalized spacial score (nSPS) is 12.2. The zero-order valence-electron chi connectivity index (χ0n) is 11.3. The number of hydrogen-bond donors (Lipinski definition) is 1. The zero-order valence-corrected chi connectivity index (χ0v) is 12.9. The molecule has 0 aliphatic heterocycles. The summed E-state index contributed by atoms with van der Waals surface area (Å²) in [5.41, 5.74) is 0.714. The van der Waals surface area contributed by atoms with Crippen LogP contribution in [-0.4, -0.2) is 26.2 Å². The number of rotatable bonds is 5. The molecule has 106 valence electrons. The first kappa shape index (κ1) is 14.0. The summed E-state index contributed by atoms with van der Waals surface area (Å²) in [4.78, 5) is 17.8. The Labute approximate surface area is 130 Å². The number of ketones is 1. The molecule has 0 aliphatic rings. The lowest BCUT2D eigenvalue weighted by Gasteiger charge is -2.07. The van der Waals surface area contributed by atoms with Gasteiger partial charge in [-0.25, -0.2) is 4.98 Å². The summed E-state index contributed by atoms with van der Waals surface area (Å²) in [7, 11) is 0. The molecule has 1 atom stereocenters. The van der Waals surface area contributed by atoms with Crippen molar-refractivity contribution < 1.29 is 4.79 Å². The molecule has 0 fully saturated rings. The predicted octanol–water partition coefficient (Wildman–Crippen LogP) is 3.90. The fourth-order valence-corrected chi connectivity index (χ4v) is 3.34. The summed E-state index contributed by atoms with van der Waals surface area (Å²) in [6.45, 7) is 1.88. The number of thioether (sulfide) groups is 1. The van der Waals surface area contributed by atoms with E-state index in [4.69, 9.17) is 0 Å². The number of carbonyl (C=O) groups is 1. The van der Waals surface area contributed by atoms with E-state index in [2.05, 4.69) is 15.2 Å². The fraction of sp³-hybridized carbons (Fsp3) is 0.133. The fourth-order valence-electron chi connectivity index (χ4n) is 1.87. The quantitative estimate of drug-likeness (QED) is 0.573. The number of carbonyl (C=O) groups excluding carboxylic acids is 1. The Balaban J connectivity index is 1.71. The lowest BCUT2D eigenvalue weighted by molar-refractivity contribution is 0.0994. The molecule has 3 aromatic rings. The van der Waals surface area contributed by atoms with Crippen molar-refractivity contribution in [2.24, 2.45) is 0 Å². The number of aromatic nitrogens is 3. The molecule has 21 heavy (non-hydrogen) atoms. The molecule has 4 nitrogen and oxygen atoms in total. The third-order valence-electron chi connectivity index (χ3n) is 2.93. The zero-order chi connectivity index (χ0) is 14.7. The molecule has 1 aromatic carbocycles. The molecule has 0 aliphatic carbocycles. The summed E-state index contributed by atoms with van der Waals surface area (Å²) < 4.78 is 0. The van der Waals surface area contributed by atoms with Crippen molar-refractivity contribution in [2.45, 2.75) is 17.3 Å². The molecule has 0 saturated heterocycles. The van der Waals surface area contributed by atoms with Crippen molar-refractivity contribution >= 4 is 28.9 Å². The third kappa shape index (κ3) is 3.22. The van der Waals surface area contributed by atoms with Gasteiger partial charge in [-0.1, -0.05) is 48.2 Å². The van der Waals surface area contributed by atoms with E-state index in [9.17, 15) is 4.79 Å². The van der Waals surface area contributed by atoms with E-state index in [1.165, 1.54) is 11.8 Å². The topological polar surface area (TPSA) is 58.6 Å². The average Bonchev–Trinajstić information content (AvgIpc) is 3.18. The summed E-state index contributed by atoms with van der Waals surface area (Å²) in [6, 6.07) is 13.2. The van der Waals surface area contributed by atoms with E-state index in [-0.39, 0.29) is 11.0 Å². The SMILES string of the molecule is CC(Sc1n[nH]c(-c2cccs2)n1)C(=O)c1ccccc1. The molecule has 1 unspecified atom stereocenters. The van der Waals surface area contributed by atoms with Gasteiger partial charge in [0.25, 0.3) is 0 Å². The van der Waals surface area contributed by atoms with Crippen LogP contribution in [0.25, 0.3) is 10.7 Å². The number of benzene rings is 1. The van der Waals surface area contributed by atoms with Crippen molar-refractivity contribution in [3.8, 4) is 10.7 Å². The lowest BCUT2D eigenvalue weighted by atomic mass is 10.1. The van der Waals surface area contributed by atoms with Gasteiger partial charge >= 0.3 is 0 Å². The van der Waals surface area contributed by atoms with Crippen LogP contribution in [0.2, 0.25) is 0 Å². The van der Waals surface area contributed by atoms with Crippen LogP contribution in [0.5, 0.6) is 0 Å². The van der Waals surface area contributed by atoms with E-state index in [1.807, 2.05) is 54.8 Å². The van der Waals surface area contributed by atoms with Crippen LogP contribution in [0.15, 0.2) is 53.0 Å². The Morgan fingerprint density at radius 3 is 2.76 bits per heavy atom. The van der Waals surface area contributed by atoms with E-state index >= 15 is 0 Å². The van der Waals surface area contributed by atoms with Gasteiger partial charge in [-0.05, 0) is 18.4 Å².